The lowest BCUT2D eigenvalue weighted by Gasteiger charge is -2.40. The van der Waals surface area contributed by atoms with Gasteiger partial charge in [0.15, 0.2) is 5.82 Å². The minimum absolute atomic E-state index is 0.0760. The zero-order valence-electron chi connectivity index (χ0n) is 16.0. The molecule has 3 aromatic rings. The fourth-order valence-corrected chi connectivity index (χ4v) is 4.79. The Morgan fingerprint density at radius 2 is 2.04 bits per heavy atom. The first-order chi connectivity index (χ1) is 13.6. The lowest BCUT2D eigenvalue weighted by Crippen LogP contribution is -2.44. The third kappa shape index (κ3) is 2.93. The van der Waals surface area contributed by atoms with E-state index in [0.29, 0.717) is 11.7 Å². The Balaban J connectivity index is 1.29. The summed E-state index contributed by atoms with van der Waals surface area (Å²) in [5, 5.41) is 3.76. The molecule has 0 unspecified atom stereocenters. The van der Waals surface area contributed by atoms with Gasteiger partial charge in [-0.1, -0.05) is 23.4 Å². The minimum atomic E-state index is 0.0760. The number of nitrogens with zero attached hydrogens (tertiary/aromatic N) is 3. The Labute approximate surface area is 163 Å². The highest BCUT2D eigenvalue weighted by Gasteiger charge is 2.42. The number of benzene rings is 1. The molecule has 1 saturated heterocycles. The molecule has 3 heterocycles. The van der Waals surface area contributed by atoms with E-state index in [1.165, 1.54) is 23.1 Å². The maximum atomic E-state index is 12.6. The second kappa shape index (κ2) is 6.62. The summed E-state index contributed by atoms with van der Waals surface area (Å²) >= 11 is 0. The number of fused-ring (bicyclic) bond motifs is 2. The van der Waals surface area contributed by atoms with Crippen molar-refractivity contribution < 1.29 is 13.7 Å². The van der Waals surface area contributed by atoms with Crippen LogP contribution in [0.2, 0.25) is 0 Å². The van der Waals surface area contributed by atoms with Crippen molar-refractivity contribution in [3.8, 4) is 11.1 Å². The van der Waals surface area contributed by atoms with Gasteiger partial charge in [0.1, 0.15) is 6.42 Å². The molecule has 0 bridgehead atoms. The van der Waals surface area contributed by atoms with E-state index in [1.807, 2.05) is 11.0 Å². The van der Waals surface area contributed by atoms with Gasteiger partial charge in [-0.25, -0.2) is 0 Å². The molecule has 1 aromatic carbocycles. The number of hydrogen-bond acceptors (Lipinski definition) is 5. The molecule has 2 aliphatic rings. The van der Waals surface area contributed by atoms with Gasteiger partial charge < -0.3 is 13.8 Å². The maximum Gasteiger partial charge on any atom is 0.236 e. The Kier molecular flexibility index (Phi) is 4.07. The van der Waals surface area contributed by atoms with Crippen molar-refractivity contribution >= 4 is 5.91 Å². The zero-order chi connectivity index (χ0) is 19.1. The zero-order valence-corrected chi connectivity index (χ0v) is 16.0. The topological polar surface area (TPSA) is 72.4 Å². The van der Waals surface area contributed by atoms with E-state index in [-0.39, 0.29) is 17.7 Å². The van der Waals surface area contributed by atoms with Crippen LogP contribution in [0.25, 0.3) is 11.1 Å². The number of aromatic nitrogens is 2. The van der Waals surface area contributed by atoms with Crippen LogP contribution in [0.1, 0.15) is 42.1 Å². The molecule has 1 aliphatic carbocycles. The number of amides is 1. The predicted molar refractivity (Wildman–Crippen MR) is 103 cm³/mol. The van der Waals surface area contributed by atoms with Crippen LogP contribution < -0.4 is 0 Å². The van der Waals surface area contributed by atoms with Gasteiger partial charge in [0, 0.05) is 18.7 Å². The molecule has 28 heavy (non-hydrogen) atoms. The standard InChI is InChI=1S/C22H23N3O3/c1-15-23-20(28-24-15)13-21(26)25-9-7-22(8-10-25)6-4-17-12-16(2-3-19(17)22)18-5-11-27-14-18/h2-3,5,11-12,14H,4,6-10,13H2,1H3. The van der Waals surface area contributed by atoms with Crippen LogP contribution >= 0.6 is 0 Å². The molecule has 1 fully saturated rings. The van der Waals surface area contributed by atoms with Gasteiger partial charge in [0.25, 0.3) is 0 Å². The van der Waals surface area contributed by atoms with Crippen LogP contribution in [0.5, 0.6) is 0 Å². The highest BCUT2D eigenvalue weighted by atomic mass is 16.5. The SMILES string of the molecule is Cc1noc(CC(=O)N2CCC3(CCc4cc(-c5ccoc5)ccc43)CC2)n1. The summed E-state index contributed by atoms with van der Waals surface area (Å²) in [7, 11) is 0. The van der Waals surface area contributed by atoms with Crippen molar-refractivity contribution in [1.29, 1.82) is 0 Å². The summed E-state index contributed by atoms with van der Waals surface area (Å²) in [5.74, 6) is 1.05. The lowest BCUT2D eigenvalue weighted by atomic mass is 9.73. The highest BCUT2D eigenvalue weighted by Crippen LogP contribution is 2.47. The molecule has 0 N–H and O–H groups in total. The maximum absolute atomic E-state index is 12.6. The first-order valence-electron chi connectivity index (χ1n) is 9.86. The number of hydrogen-bond donors (Lipinski definition) is 0. The third-order valence-electron chi connectivity index (χ3n) is 6.35. The molecule has 1 amide bonds. The van der Waals surface area contributed by atoms with E-state index in [2.05, 4.69) is 28.3 Å². The van der Waals surface area contributed by atoms with Crippen molar-refractivity contribution in [2.24, 2.45) is 0 Å². The molecule has 144 valence electrons. The van der Waals surface area contributed by atoms with Crippen LogP contribution in [0.15, 0.2) is 45.7 Å². The molecule has 0 radical (unpaired) electrons. The molecule has 6 heteroatoms. The van der Waals surface area contributed by atoms with Gasteiger partial charge >= 0.3 is 0 Å². The average molecular weight is 377 g/mol. The highest BCUT2D eigenvalue weighted by molar-refractivity contribution is 5.78. The van der Waals surface area contributed by atoms with E-state index in [0.717, 1.165) is 37.9 Å². The fourth-order valence-electron chi connectivity index (χ4n) is 4.79. The van der Waals surface area contributed by atoms with Gasteiger partial charge in [-0.05, 0) is 60.8 Å². The van der Waals surface area contributed by atoms with Crippen molar-refractivity contribution in [2.45, 2.75) is 44.4 Å². The van der Waals surface area contributed by atoms with Gasteiger partial charge in [-0.3, -0.25) is 4.79 Å². The quantitative estimate of drug-likeness (QED) is 0.696. The van der Waals surface area contributed by atoms with E-state index >= 15 is 0 Å². The molecule has 0 atom stereocenters. The fraction of sp³-hybridized carbons (Fsp3) is 0.409. The van der Waals surface area contributed by atoms with E-state index in [9.17, 15) is 4.79 Å². The number of furan rings is 1. The van der Waals surface area contributed by atoms with E-state index in [4.69, 9.17) is 8.94 Å². The molecule has 5 rings (SSSR count). The largest absolute Gasteiger partial charge is 0.472 e. The molecule has 2 aromatic heterocycles. The summed E-state index contributed by atoms with van der Waals surface area (Å²) in [4.78, 5) is 18.7. The summed E-state index contributed by atoms with van der Waals surface area (Å²) < 4.78 is 10.3. The monoisotopic (exact) mass is 377 g/mol. The molecular weight excluding hydrogens is 354 g/mol. The predicted octanol–water partition coefficient (Wildman–Crippen LogP) is 3.69. The molecule has 6 nitrogen and oxygen atoms in total. The summed E-state index contributed by atoms with van der Waals surface area (Å²) in [5.41, 5.74) is 5.47. The van der Waals surface area contributed by atoms with Crippen LogP contribution in [0.4, 0.5) is 0 Å². The van der Waals surface area contributed by atoms with Gasteiger partial charge in [0.05, 0.1) is 12.5 Å². The summed E-state index contributed by atoms with van der Waals surface area (Å²) in [6, 6.07) is 8.81. The number of carbonyl (C=O) groups is 1. The second-order valence-corrected chi connectivity index (χ2v) is 7.96. The third-order valence-corrected chi connectivity index (χ3v) is 6.35. The second-order valence-electron chi connectivity index (χ2n) is 7.96. The van der Waals surface area contributed by atoms with Crippen LogP contribution in [-0.4, -0.2) is 34.0 Å². The number of carbonyl (C=O) groups excluding carboxylic acids is 1. The average Bonchev–Trinajstić information content (AvgIpc) is 3.44. The Bertz CT molecular complexity index is 998. The number of piperidine rings is 1. The van der Waals surface area contributed by atoms with Gasteiger partial charge in [0.2, 0.25) is 11.8 Å². The van der Waals surface area contributed by atoms with E-state index in [1.54, 1.807) is 19.5 Å². The Hall–Kier alpha value is -2.89. The normalized spacial score (nSPS) is 17.8. The lowest BCUT2D eigenvalue weighted by molar-refractivity contribution is -0.132. The van der Waals surface area contributed by atoms with Crippen molar-refractivity contribution in [3.05, 3.63) is 59.6 Å². The number of likely N-dealkylation sites (tertiary alicyclic amines) is 1. The first kappa shape index (κ1) is 17.2. The van der Waals surface area contributed by atoms with E-state index < -0.39 is 0 Å². The van der Waals surface area contributed by atoms with Crippen LogP contribution in [0.3, 0.4) is 0 Å². The first-order valence-corrected chi connectivity index (χ1v) is 9.86. The smallest absolute Gasteiger partial charge is 0.236 e. The summed E-state index contributed by atoms with van der Waals surface area (Å²) in [6.45, 7) is 3.33. The summed E-state index contributed by atoms with van der Waals surface area (Å²) in [6.07, 6.45) is 8.00. The Morgan fingerprint density at radius 1 is 1.18 bits per heavy atom. The van der Waals surface area contributed by atoms with Gasteiger partial charge in [-0.15, -0.1) is 0 Å². The van der Waals surface area contributed by atoms with Crippen molar-refractivity contribution in [1.82, 2.24) is 15.0 Å². The van der Waals surface area contributed by atoms with Crippen LogP contribution in [-0.2, 0) is 23.1 Å². The number of aryl methyl sites for hydroxylation is 2. The molecule has 1 aliphatic heterocycles. The van der Waals surface area contributed by atoms with Crippen molar-refractivity contribution in [3.63, 3.8) is 0 Å². The van der Waals surface area contributed by atoms with Gasteiger partial charge in [-0.2, -0.15) is 4.98 Å². The van der Waals surface area contributed by atoms with Crippen LogP contribution in [0, 0.1) is 6.92 Å². The molecular formula is C22H23N3O3. The minimum Gasteiger partial charge on any atom is -0.472 e. The van der Waals surface area contributed by atoms with Crippen molar-refractivity contribution in [2.75, 3.05) is 13.1 Å². The molecule has 1 spiro atoms. The number of rotatable bonds is 3. The Morgan fingerprint density at radius 3 is 2.75 bits per heavy atom. The molecule has 0 saturated carbocycles.